The number of carbonyl (C=O) groups excluding carboxylic acids is 1. The summed E-state index contributed by atoms with van der Waals surface area (Å²) >= 11 is 12.2. The number of esters is 1. The predicted molar refractivity (Wildman–Crippen MR) is 189 cm³/mol. The van der Waals surface area contributed by atoms with Crippen molar-refractivity contribution in [1.29, 1.82) is 0 Å². The highest BCUT2D eigenvalue weighted by molar-refractivity contribution is 7.85. The third-order valence-electron chi connectivity index (χ3n) is 7.78. The SMILES string of the molecule is CCN(CCCC(=O)Oc1c(Cl)cc(S(=O)(=O)O)cc1Cl)c1cc(OC)c(-c2c3ccc(=O)cc-3oc3cc(N)ccc23)cc1N(C)C. The van der Waals surface area contributed by atoms with E-state index in [1.165, 1.54) is 12.1 Å². The Labute approximate surface area is 287 Å². The van der Waals surface area contributed by atoms with Gasteiger partial charge in [-0.15, -0.1) is 0 Å². The number of rotatable bonds is 11. The van der Waals surface area contributed by atoms with Crippen molar-refractivity contribution < 1.29 is 31.7 Å². The first-order valence-electron chi connectivity index (χ1n) is 14.8. The lowest BCUT2D eigenvalue weighted by Gasteiger charge is -2.30. The van der Waals surface area contributed by atoms with Crippen LogP contribution in [0.3, 0.4) is 0 Å². The van der Waals surface area contributed by atoms with Gasteiger partial charge in [-0.3, -0.25) is 14.1 Å². The molecule has 48 heavy (non-hydrogen) atoms. The van der Waals surface area contributed by atoms with E-state index >= 15 is 0 Å². The number of hydrogen-bond acceptors (Lipinski definition) is 10. The van der Waals surface area contributed by atoms with Crippen LogP contribution in [0.1, 0.15) is 19.8 Å². The molecule has 0 atom stereocenters. The van der Waals surface area contributed by atoms with E-state index in [9.17, 15) is 22.6 Å². The highest BCUT2D eigenvalue weighted by Gasteiger charge is 2.24. The Morgan fingerprint density at radius 2 is 1.69 bits per heavy atom. The van der Waals surface area contributed by atoms with Crippen LogP contribution in [0, 0.1) is 0 Å². The number of fused-ring (bicyclic) bond motifs is 2. The minimum absolute atomic E-state index is 0.00600. The van der Waals surface area contributed by atoms with Gasteiger partial charge in [-0.2, -0.15) is 8.42 Å². The maximum atomic E-state index is 12.7. The summed E-state index contributed by atoms with van der Waals surface area (Å²) in [6.45, 7) is 3.08. The van der Waals surface area contributed by atoms with Gasteiger partial charge in [0.2, 0.25) is 0 Å². The van der Waals surface area contributed by atoms with E-state index in [4.69, 9.17) is 42.8 Å². The third-order valence-corrected chi connectivity index (χ3v) is 9.17. The van der Waals surface area contributed by atoms with Crippen molar-refractivity contribution in [3.8, 4) is 33.9 Å². The number of carbonyl (C=O) groups is 1. The molecule has 252 valence electrons. The average Bonchev–Trinajstić information content (AvgIpc) is 3.02. The fraction of sp³-hybridized carbons (Fsp3) is 0.235. The second-order valence-electron chi connectivity index (χ2n) is 11.2. The average molecular weight is 715 g/mol. The van der Waals surface area contributed by atoms with Crippen LogP contribution in [0.4, 0.5) is 17.1 Å². The van der Waals surface area contributed by atoms with Gasteiger partial charge in [-0.1, -0.05) is 23.2 Å². The first kappa shape index (κ1) is 34.8. The lowest BCUT2D eigenvalue weighted by atomic mass is 9.92. The first-order chi connectivity index (χ1) is 22.7. The van der Waals surface area contributed by atoms with Gasteiger partial charge in [0.15, 0.2) is 11.2 Å². The molecule has 0 unspecified atom stereocenters. The molecule has 3 N–H and O–H groups in total. The molecule has 0 bridgehead atoms. The molecule has 0 radical (unpaired) electrons. The van der Waals surface area contributed by atoms with E-state index in [-0.39, 0.29) is 27.6 Å². The summed E-state index contributed by atoms with van der Waals surface area (Å²) in [5, 5.41) is 0.335. The van der Waals surface area contributed by atoms with E-state index in [1.807, 2.05) is 44.1 Å². The maximum absolute atomic E-state index is 12.7. The Morgan fingerprint density at radius 3 is 2.31 bits per heavy atom. The lowest BCUT2D eigenvalue weighted by molar-refractivity contribution is -0.134. The molecule has 3 aromatic carbocycles. The summed E-state index contributed by atoms with van der Waals surface area (Å²) in [7, 11) is 0.907. The van der Waals surface area contributed by atoms with Gasteiger partial charge >= 0.3 is 5.97 Å². The van der Waals surface area contributed by atoms with Crippen molar-refractivity contribution in [2.24, 2.45) is 0 Å². The van der Waals surface area contributed by atoms with Crippen molar-refractivity contribution in [3.63, 3.8) is 0 Å². The zero-order valence-corrected chi connectivity index (χ0v) is 28.9. The number of halogens is 2. The molecule has 1 aliphatic carbocycles. The number of hydrogen-bond donors (Lipinski definition) is 2. The molecular formula is C34H33Cl2N3O8S. The zero-order chi connectivity index (χ0) is 34.9. The van der Waals surface area contributed by atoms with E-state index in [1.54, 1.807) is 25.3 Å². The van der Waals surface area contributed by atoms with Crippen molar-refractivity contribution >= 4 is 67.3 Å². The van der Waals surface area contributed by atoms with Crippen LogP contribution in [-0.2, 0) is 14.9 Å². The molecule has 0 amide bonds. The van der Waals surface area contributed by atoms with Crippen molar-refractivity contribution in [3.05, 3.63) is 80.9 Å². The molecule has 3 aromatic rings. The van der Waals surface area contributed by atoms with Crippen molar-refractivity contribution in [2.45, 2.75) is 24.7 Å². The van der Waals surface area contributed by atoms with Crippen LogP contribution in [0.5, 0.6) is 11.5 Å². The first-order valence-corrected chi connectivity index (χ1v) is 17.0. The maximum Gasteiger partial charge on any atom is 0.311 e. The summed E-state index contributed by atoms with van der Waals surface area (Å²) in [6.07, 6.45) is 0.405. The topological polar surface area (TPSA) is 153 Å². The second kappa shape index (κ2) is 13.9. The van der Waals surface area contributed by atoms with Crippen LogP contribution in [-0.4, -0.2) is 53.2 Å². The van der Waals surface area contributed by atoms with Gasteiger partial charge in [-0.05, 0) is 55.8 Å². The fourth-order valence-electron chi connectivity index (χ4n) is 5.52. The number of anilines is 3. The molecule has 5 rings (SSSR count). The van der Waals surface area contributed by atoms with E-state index in [0.29, 0.717) is 42.3 Å². The molecule has 0 saturated carbocycles. The Balaban J connectivity index is 1.46. The zero-order valence-electron chi connectivity index (χ0n) is 26.5. The highest BCUT2D eigenvalue weighted by Crippen LogP contribution is 2.47. The summed E-state index contributed by atoms with van der Waals surface area (Å²) in [5.41, 5.74) is 11.0. The molecule has 1 aliphatic heterocycles. The molecule has 1 heterocycles. The van der Waals surface area contributed by atoms with Crippen LogP contribution < -0.4 is 30.4 Å². The molecular weight excluding hydrogens is 681 g/mol. The standard InChI is InChI=1S/C34H33Cl2N3O8S/c1-5-39(12-6-7-32(41)47-34-25(35)15-21(16-26(34)36)48(42,43)44)28-18-29(45-4)24(17-27(28)38(2)3)33-22-10-8-19(37)13-30(22)46-31-14-20(40)9-11-23(31)33/h8-11,13-18H,5-7,12,37H2,1-4H3,(H,42,43,44). The summed E-state index contributed by atoms with van der Waals surface area (Å²) in [4.78, 5) is 28.6. The summed E-state index contributed by atoms with van der Waals surface area (Å²) < 4.78 is 49.6. The fourth-order valence-corrected chi connectivity index (χ4v) is 6.75. The Morgan fingerprint density at radius 1 is 0.979 bits per heavy atom. The van der Waals surface area contributed by atoms with Gasteiger partial charge in [0.1, 0.15) is 17.1 Å². The monoisotopic (exact) mass is 713 g/mol. The number of nitrogen functional groups attached to an aromatic ring is 1. The van der Waals surface area contributed by atoms with Crippen LogP contribution >= 0.6 is 23.2 Å². The molecule has 0 fully saturated rings. The number of nitrogens with zero attached hydrogens (tertiary/aromatic N) is 2. The quantitative estimate of drug-likeness (QED) is 0.0479. The Kier molecular flexibility index (Phi) is 10.1. The largest absolute Gasteiger partial charge is 0.496 e. The number of benzene rings is 4. The van der Waals surface area contributed by atoms with Gasteiger partial charge in [0, 0.05) is 79.6 Å². The summed E-state index contributed by atoms with van der Waals surface area (Å²) in [5.74, 6) is 0.196. The van der Waals surface area contributed by atoms with Crippen LogP contribution in [0.25, 0.3) is 33.4 Å². The molecule has 0 spiro atoms. The van der Waals surface area contributed by atoms with E-state index in [0.717, 1.165) is 45.6 Å². The number of methoxy groups -OCH3 is 1. The van der Waals surface area contributed by atoms with E-state index < -0.39 is 21.0 Å². The van der Waals surface area contributed by atoms with Crippen LogP contribution in [0.15, 0.2) is 74.8 Å². The number of nitrogens with two attached hydrogens (primary N) is 1. The Hall–Kier alpha value is -4.49. The third kappa shape index (κ3) is 7.16. The molecule has 14 heteroatoms. The van der Waals surface area contributed by atoms with Crippen molar-refractivity contribution in [2.75, 3.05) is 49.8 Å². The normalized spacial score (nSPS) is 11.6. The van der Waals surface area contributed by atoms with Gasteiger partial charge in [-0.25, -0.2) is 0 Å². The molecule has 2 aliphatic rings. The smallest absolute Gasteiger partial charge is 0.311 e. The summed E-state index contributed by atoms with van der Waals surface area (Å²) in [6, 6.07) is 16.0. The molecule has 0 saturated heterocycles. The minimum Gasteiger partial charge on any atom is -0.496 e. The predicted octanol–water partition coefficient (Wildman–Crippen LogP) is 6.99. The number of ether oxygens (including phenoxy) is 2. The highest BCUT2D eigenvalue weighted by atomic mass is 35.5. The van der Waals surface area contributed by atoms with Crippen molar-refractivity contribution in [1.82, 2.24) is 0 Å². The second-order valence-corrected chi connectivity index (χ2v) is 13.4. The molecule has 0 aromatic heterocycles. The molecule has 11 nitrogen and oxygen atoms in total. The minimum atomic E-state index is -4.55. The van der Waals surface area contributed by atoms with Gasteiger partial charge < -0.3 is 29.4 Å². The van der Waals surface area contributed by atoms with Gasteiger partial charge in [0.05, 0.1) is 33.4 Å². The van der Waals surface area contributed by atoms with E-state index in [2.05, 4.69) is 4.90 Å². The lowest BCUT2D eigenvalue weighted by Crippen LogP contribution is -2.27. The van der Waals surface area contributed by atoms with Crippen LogP contribution in [0.2, 0.25) is 10.0 Å². The van der Waals surface area contributed by atoms with Gasteiger partial charge in [0.25, 0.3) is 10.1 Å². The Bertz CT molecular complexity index is 2150.